The van der Waals surface area contributed by atoms with Gasteiger partial charge in [-0.25, -0.2) is 22.5 Å². The third kappa shape index (κ3) is 6.91. The molecule has 0 amide bonds. The van der Waals surface area contributed by atoms with E-state index in [1.54, 1.807) is 28.6 Å². The first-order chi connectivity index (χ1) is 20.3. The van der Waals surface area contributed by atoms with Crippen LogP contribution in [0.2, 0.25) is 0 Å². The van der Waals surface area contributed by atoms with Crippen molar-refractivity contribution in [2.75, 3.05) is 36.9 Å². The Hall–Kier alpha value is -3.96. The Labute approximate surface area is 246 Å². The molecule has 0 saturated carbocycles. The number of methoxy groups -OCH3 is 2. The van der Waals surface area contributed by atoms with E-state index >= 15 is 8.78 Å². The molecule has 11 heteroatoms. The predicted molar refractivity (Wildman–Crippen MR) is 156 cm³/mol. The van der Waals surface area contributed by atoms with Crippen molar-refractivity contribution in [3.05, 3.63) is 107 Å². The van der Waals surface area contributed by atoms with E-state index in [1.165, 1.54) is 44.6 Å². The van der Waals surface area contributed by atoms with Gasteiger partial charge in [0.25, 0.3) is 0 Å². The van der Waals surface area contributed by atoms with E-state index in [9.17, 15) is 8.78 Å². The van der Waals surface area contributed by atoms with Crippen LogP contribution in [0.3, 0.4) is 0 Å². The molecule has 0 aliphatic carbocycles. The van der Waals surface area contributed by atoms with Gasteiger partial charge in [-0.15, -0.1) is 0 Å². The number of anilines is 2. The van der Waals surface area contributed by atoms with Gasteiger partial charge < -0.3 is 14.8 Å². The normalized spacial score (nSPS) is 13.0. The van der Waals surface area contributed by atoms with Crippen LogP contribution in [-0.4, -0.2) is 37.2 Å². The highest BCUT2D eigenvalue weighted by molar-refractivity contribution is 8.00. The molecule has 3 aromatic carbocycles. The van der Waals surface area contributed by atoms with Crippen LogP contribution in [0.4, 0.5) is 29.1 Å². The third-order valence-corrected chi connectivity index (χ3v) is 8.11. The summed E-state index contributed by atoms with van der Waals surface area (Å²) in [6, 6.07) is 15.1. The second kappa shape index (κ2) is 13.3. The molecule has 1 aromatic heterocycles. The molecule has 1 aliphatic rings. The molecular formula is C31H30F4N4O2S. The fourth-order valence-electron chi connectivity index (χ4n) is 4.59. The number of nitrogens with one attached hydrogen (secondary N) is 1. The Balaban J connectivity index is 1.37. The van der Waals surface area contributed by atoms with E-state index in [-0.39, 0.29) is 35.3 Å². The zero-order valence-corrected chi connectivity index (χ0v) is 24.0. The van der Waals surface area contributed by atoms with Crippen molar-refractivity contribution >= 4 is 23.5 Å². The van der Waals surface area contributed by atoms with Crippen LogP contribution < -0.4 is 19.1 Å². The van der Waals surface area contributed by atoms with E-state index in [4.69, 9.17) is 9.47 Å². The molecule has 220 valence electrons. The van der Waals surface area contributed by atoms with Crippen molar-refractivity contribution < 1.29 is 27.0 Å². The van der Waals surface area contributed by atoms with Crippen LogP contribution in [0.1, 0.15) is 23.1 Å². The van der Waals surface area contributed by atoms with Crippen molar-refractivity contribution in [1.29, 1.82) is 0 Å². The second-order valence-electron chi connectivity index (χ2n) is 9.77. The average molecular weight is 599 g/mol. The maximum absolute atomic E-state index is 15.4. The quantitative estimate of drug-likeness (QED) is 0.137. The van der Waals surface area contributed by atoms with Gasteiger partial charge in [-0.2, -0.15) is 0 Å². The molecule has 1 fully saturated rings. The molecule has 42 heavy (non-hydrogen) atoms. The fourth-order valence-corrected chi connectivity index (χ4v) is 5.51. The third-order valence-electron chi connectivity index (χ3n) is 7.00. The van der Waals surface area contributed by atoms with Crippen LogP contribution in [-0.2, 0) is 19.6 Å². The lowest BCUT2D eigenvalue weighted by molar-refractivity contribution is 0.172. The Kier molecular flexibility index (Phi) is 9.38. The number of ether oxygens (including phenoxy) is 2. The number of aromatic nitrogens is 1. The monoisotopic (exact) mass is 598 g/mol. The Morgan fingerprint density at radius 2 is 1.69 bits per heavy atom. The highest BCUT2D eigenvalue weighted by Crippen LogP contribution is 2.36. The van der Waals surface area contributed by atoms with Gasteiger partial charge in [-0.05, 0) is 79.5 Å². The molecule has 2 heterocycles. The molecule has 0 spiro atoms. The van der Waals surface area contributed by atoms with Crippen LogP contribution in [0.15, 0.2) is 71.8 Å². The fraction of sp³-hybridized carbons (Fsp3) is 0.258. The lowest BCUT2D eigenvalue weighted by Crippen LogP contribution is -2.36. The van der Waals surface area contributed by atoms with Crippen molar-refractivity contribution in [1.82, 2.24) is 9.88 Å². The zero-order valence-electron chi connectivity index (χ0n) is 23.2. The molecule has 0 bridgehead atoms. The number of nitrogens with zero attached hydrogens (tertiary/aromatic N) is 3. The maximum atomic E-state index is 15.4. The van der Waals surface area contributed by atoms with E-state index < -0.39 is 17.5 Å². The van der Waals surface area contributed by atoms with Gasteiger partial charge in [-0.3, -0.25) is 9.21 Å². The topological polar surface area (TPSA) is 49.9 Å². The van der Waals surface area contributed by atoms with Crippen molar-refractivity contribution in [3.8, 4) is 11.5 Å². The van der Waals surface area contributed by atoms with Gasteiger partial charge in [0, 0.05) is 36.0 Å². The Morgan fingerprint density at radius 3 is 2.33 bits per heavy atom. The number of pyridine rings is 1. The summed E-state index contributed by atoms with van der Waals surface area (Å²) in [4.78, 5) is 6.06. The first-order valence-electron chi connectivity index (χ1n) is 13.3. The van der Waals surface area contributed by atoms with Crippen LogP contribution in [0.5, 0.6) is 11.5 Å². The van der Waals surface area contributed by atoms with Gasteiger partial charge in [0.1, 0.15) is 45.5 Å². The van der Waals surface area contributed by atoms with Gasteiger partial charge in [0.15, 0.2) is 0 Å². The molecule has 1 saturated heterocycles. The van der Waals surface area contributed by atoms with Crippen molar-refractivity contribution in [2.24, 2.45) is 0 Å². The highest BCUT2D eigenvalue weighted by Gasteiger charge is 2.21. The maximum Gasteiger partial charge on any atom is 0.143 e. The number of likely N-dealkylation sites (tertiary alicyclic amines) is 1. The Bertz CT molecular complexity index is 1510. The summed E-state index contributed by atoms with van der Waals surface area (Å²) in [7, 11) is 3.04. The van der Waals surface area contributed by atoms with Gasteiger partial charge in [0.2, 0.25) is 0 Å². The Morgan fingerprint density at radius 1 is 0.905 bits per heavy atom. The lowest BCUT2D eigenvalue weighted by Gasteiger charge is -2.31. The van der Waals surface area contributed by atoms with Gasteiger partial charge in [-0.1, -0.05) is 12.1 Å². The number of hydrogen-bond donors (Lipinski definition) is 1. The smallest absolute Gasteiger partial charge is 0.143 e. The lowest BCUT2D eigenvalue weighted by atomic mass is 10.0. The molecule has 1 aliphatic heterocycles. The molecule has 5 rings (SSSR count). The van der Waals surface area contributed by atoms with Crippen LogP contribution in [0.25, 0.3) is 0 Å². The first kappa shape index (κ1) is 29.5. The summed E-state index contributed by atoms with van der Waals surface area (Å²) >= 11 is 0.787. The van der Waals surface area contributed by atoms with Crippen LogP contribution >= 0.6 is 11.9 Å². The summed E-state index contributed by atoms with van der Waals surface area (Å²) in [5.74, 6) is -1.17. The van der Waals surface area contributed by atoms with E-state index in [0.29, 0.717) is 29.2 Å². The summed E-state index contributed by atoms with van der Waals surface area (Å²) < 4.78 is 71.4. The number of rotatable bonds is 12. The van der Waals surface area contributed by atoms with E-state index in [2.05, 4.69) is 15.2 Å². The number of benzene rings is 3. The van der Waals surface area contributed by atoms with E-state index in [1.807, 2.05) is 6.07 Å². The molecule has 0 radical (unpaired) electrons. The summed E-state index contributed by atoms with van der Waals surface area (Å²) in [5, 5.41) is 2.97. The molecule has 0 unspecified atom stereocenters. The molecule has 0 atom stereocenters. The molecule has 1 N–H and O–H groups in total. The minimum absolute atomic E-state index is 0.0735. The largest absolute Gasteiger partial charge is 0.497 e. The second-order valence-corrected chi connectivity index (χ2v) is 10.8. The summed E-state index contributed by atoms with van der Waals surface area (Å²) in [6.07, 6.45) is 2.15. The standard InChI is InChI=1S/C31H30F4N4O2S/c1-40-24-9-7-21(29(15-24)41-2)19-39(30-10-8-22(32)16-37-30)42-31-27(34)13-23(14-28(31)35)36-17-25-20(5-3-6-26(25)33)18-38-11-4-12-38/h3,5-10,13-16,36H,4,11-12,17-19H2,1-2H3. The SMILES string of the molecule is COc1ccc(CN(Sc2c(F)cc(NCc3c(F)cccc3CN3CCC3)cc2F)c2ccc(F)cn2)c(OC)c1. The van der Waals surface area contributed by atoms with Crippen LogP contribution in [0, 0.1) is 23.3 Å². The van der Waals surface area contributed by atoms with Crippen molar-refractivity contribution in [2.45, 2.75) is 31.0 Å². The number of hydrogen-bond acceptors (Lipinski definition) is 7. The van der Waals surface area contributed by atoms with E-state index in [0.717, 1.165) is 43.2 Å². The summed E-state index contributed by atoms with van der Waals surface area (Å²) in [6.45, 7) is 2.76. The van der Waals surface area contributed by atoms with Gasteiger partial charge in [0.05, 0.1) is 27.0 Å². The molecule has 6 nitrogen and oxygen atoms in total. The zero-order chi connectivity index (χ0) is 29.6. The van der Waals surface area contributed by atoms with Gasteiger partial charge >= 0.3 is 0 Å². The average Bonchev–Trinajstić information content (AvgIpc) is 2.96. The highest BCUT2D eigenvalue weighted by atomic mass is 32.2. The predicted octanol–water partition coefficient (Wildman–Crippen LogP) is 7.19. The summed E-state index contributed by atoms with van der Waals surface area (Å²) in [5.41, 5.74) is 2.17. The minimum Gasteiger partial charge on any atom is -0.497 e. The van der Waals surface area contributed by atoms with Crippen molar-refractivity contribution in [3.63, 3.8) is 0 Å². The number of halogens is 4. The molecule has 4 aromatic rings. The molecular weight excluding hydrogens is 568 g/mol. The minimum atomic E-state index is -0.814. The first-order valence-corrected chi connectivity index (χ1v) is 14.1.